The fourth-order valence-electron chi connectivity index (χ4n) is 8.32. The maximum absolute atomic E-state index is 12.2. The van der Waals surface area contributed by atoms with Crippen molar-refractivity contribution >= 4 is 40.6 Å². The van der Waals surface area contributed by atoms with Gasteiger partial charge >= 0.3 is 0 Å². The van der Waals surface area contributed by atoms with Crippen LogP contribution in [0.3, 0.4) is 0 Å². The predicted octanol–water partition coefficient (Wildman–Crippen LogP) is 4.88. The summed E-state index contributed by atoms with van der Waals surface area (Å²) in [5.74, 6) is -0.0396. The Morgan fingerprint density at radius 3 is 2.61 bits per heavy atom. The van der Waals surface area contributed by atoms with Crippen molar-refractivity contribution < 1.29 is 19.0 Å². The number of carbonyl (C=O) groups excluding carboxylic acids is 1. The Labute approximate surface area is 209 Å². The largest absolute Gasteiger partial charge is 0.351 e. The molecular formula is C25H28Cl3NO4. The van der Waals surface area contributed by atoms with Crippen molar-refractivity contribution in [1.82, 2.24) is 0 Å². The van der Waals surface area contributed by atoms with E-state index in [-0.39, 0.29) is 35.4 Å². The molecule has 5 fully saturated rings. The molecule has 33 heavy (non-hydrogen) atoms. The number of nitrogens with zero attached hydrogens (tertiary/aromatic N) is 1. The molecule has 0 aromatic carbocycles. The molecule has 6 rings (SSSR count). The third kappa shape index (κ3) is 2.40. The van der Waals surface area contributed by atoms with Crippen LogP contribution in [0.4, 0.5) is 0 Å². The fraction of sp³-hybridized carbons (Fsp3) is 0.760. The second kappa shape index (κ2) is 6.78. The van der Waals surface area contributed by atoms with Crippen LogP contribution in [0.25, 0.3) is 0 Å². The van der Waals surface area contributed by atoms with Gasteiger partial charge in [-0.15, -0.1) is 34.8 Å². The van der Waals surface area contributed by atoms with Crippen molar-refractivity contribution in [3.8, 4) is 6.07 Å². The van der Waals surface area contributed by atoms with Crippen LogP contribution in [0, 0.1) is 34.0 Å². The van der Waals surface area contributed by atoms with E-state index in [4.69, 9.17) is 49.0 Å². The standard InChI is InChI=1S/C25H28Cl3NO4/c1-4-20-32-19-9-14-15-8-17(26)16-7-13(30)5-6-21(16,2)24(15,28)18(27)10-22(14,3)25(19,33-20)23(11-29)12-31-23/h5-7,14-15,17-20H,4,8-10,12H2,1-3H3/t14-,15-,17-,18-,19+,20?,21-,22-,23?,24-,25+/m0/s1. The van der Waals surface area contributed by atoms with Gasteiger partial charge in [0.1, 0.15) is 11.7 Å². The molecule has 11 atom stereocenters. The Kier molecular flexibility index (Phi) is 4.69. The molecule has 0 radical (unpaired) electrons. The topological polar surface area (TPSA) is 71.9 Å². The molecule has 0 bridgehead atoms. The summed E-state index contributed by atoms with van der Waals surface area (Å²) in [5, 5.41) is 9.44. The van der Waals surface area contributed by atoms with E-state index in [1.54, 1.807) is 12.2 Å². The molecule has 2 aliphatic heterocycles. The van der Waals surface area contributed by atoms with E-state index in [0.29, 0.717) is 32.3 Å². The number of epoxide rings is 1. The Hall–Kier alpha value is -0.610. The first-order valence-corrected chi connectivity index (χ1v) is 13.1. The number of fused-ring (bicyclic) bond motifs is 7. The zero-order valence-electron chi connectivity index (χ0n) is 18.9. The predicted molar refractivity (Wildman–Crippen MR) is 124 cm³/mol. The van der Waals surface area contributed by atoms with E-state index in [2.05, 4.69) is 19.9 Å². The van der Waals surface area contributed by atoms with Crippen LogP contribution in [0.5, 0.6) is 0 Å². The van der Waals surface area contributed by atoms with Crippen LogP contribution in [0.1, 0.15) is 46.5 Å². The van der Waals surface area contributed by atoms with E-state index < -0.39 is 32.3 Å². The van der Waals surface area contributed by atoms with Gasteiger partial charge < -0.3 is 14.2 Å². The Morgan fingerprint density at radius 2 is 1.97 bits per heavy atom. The molecule has 8 heteroatoms. The SMILES string of the molecule is CCC1O[C@@H]2C[C@H]3[C@@H]4C[C@H](Cl)C5=CC(=O)C=C[C@]5(C)[C@@]4(Cl)[C@@H](Cl)C[C@]3(C)[C@]2(C2(C#N)CO2)O1. The summed E-state index contributed by atoms with van der Waals surface area (Å²) in [4.78, 5) is 11.4. The molecular weight excluding hydrogens is 485 g/mol. The maximum atomic E-state index is 12.2. The van der Waals surface area contributed by atoms with E-state index in [9.17, 15) is 10.1 Å². The lowest BCUT2D eigenvalue weighted by Gasteiger charge is -2.65. The average molecular weight is 513 g/mol. The van der Waals surface area contributed by atoms with Crippen LogP contribution in [-0.4, -0.2) is 51.6 Å². The zero-order chi connectivity index (χ0) is 23.6. The molecule has 0 aromatic rings. The van der Waals surface area contributed by atoms with Crippen molar-refractivity contribution in [3.05, 3.63) is 23.8 Å². The minimum absolute atomic E-state index is 0.0489. The third-order valence-corrected chi connectivity index (χ3v) is 11.9. The third-order valence-electron chi connectivity index (χ3n) is 9.93. The molecule has 3 saturated carbocycles. The van der Waals surface area contributed by atoms with Crippen molar-refractivity contribution in [2.75, 3.05) is 6.61 Å². The summed E-state index contributed by atoms with van der Waals surface area (Å²) in [7, 11) is 0. The minimum Gasteiger partial charge on any atom is -0.351 e. The van der Waals surface area contributed by atoms with Crippen LogP contribution < -0.4 is 0 Å². The van der Waals surface area contributed by atoms with E-state index in [1.807, 2.05) is 13.0 Å². The number of ether oxygens (including phenoxy) is 3. The van der Waals surface area contributed by atoms with Gasteiger partial charge in [0.2, 0.25) is 5.60 Å². The number of hydrogen-bond donors (Lipinski definition) is 0. The van der Waals surface area contributed by atoms with Crippen LogP contribution in [-0.2, 0) is 19.0 Å². The van der Waals surface area contributed by atoms with Gasteiger partial charge in [-0.25, -0.2) is 0 Å². The number of rotatable bonds is 2. The highest BCUT2D eigenvalue weighted by atomic mass is 35.5. The van der Waals surface area contributed by atoms with Gasteiger partial charge in [-0.3, -0.25) is 4.79 Å². The molecule has 2 unspecified atom stereocenters. The summed E-state index contributed by atoms with van der Waals surface area (Å²) >= 11 is 21.9. The van der Waals surface area contributed by atoms with Gasteiger partial charge in [0.05, 0.1) is 28.3 Å². The summed E-state index contributed by atoms with van der Waals surface area (Å²) in [6.07, 6.45) is 7.06. The summed E-state index contributed by atoms with van der Waals surface area (Å²) in [6.45, 7) is 6.59. The van der Waals surface area contributed by atoms with Gasteiger partial charge in [-0.05, 0) is 55.2 Å². The molecule has 4 aliphatic carbocycles. The molecule has 2 saturated heterocycles. The van der Waals surface area contributed by atoms with Crippen LogP contribution >= 0.6 is 34.8 Å². The fourth-order valence-corrected chi connectivity index (χ4v) is 10.0. The quantitative estimate of drug-likeness (QED) is 0.389. The van der Waals surface area contributed by atoms with E-state index in [0.717, 1.165) is 5.57 Å². The summed E-state index contributed by atoms with van der Waals surface area (Å²) < 4.78 is 18.9. The Balaban J connectivity index is 1.50. The van der Waals surface area contributed by atoms with Gasteiger partial charge in [-0.2, -0.15) is 5.26 Å². The highest BCUT2D eigenvalue weighted by molar-refractivity contribution is 6.34. The molecule has 5 nitrogen and oxygen atoms in total. The van der Waals surface area contributed by atoms with E-state index >= 15 is 0 Å². The van der Waals surface area contributed by atoms with Gasteiger partial charge in [0.15, 0.2) is 12.1 Å². The monoisotopic (exact) mass is 511 g/mol. The molecule has 2 heterocycles. The van der Waals surface area contributed by atoms with E-state index in [1.165, 1.54) is 0 Å². The number of halogens is 3. The first-order valence-electron chi connectivity index (χ1n) is 11.8. The van der Waals surface area contributed by atoms with Gasteiger partial charge in [-0.1, -0.05) is 26.8 Å². The van der Waals surface area contributed by atoms with Crippen LogP contribution in [0.2, 0.25) is 0 Å². The average Bonchev–Trinajstić information content (AvgIpc) is 3.43. The van der Waals surface area contributed by atoms with Crippen molar-refractivity contribution in [1.29, 1.82) is 5.26 Å². The number of hydrogen-bond acceptors (Lipinski definition) is 5. The maximum Gasteiger partial charge on any atom is 0.209 e. The second-order valence-electron chi connectivity index (χ2n) is 11.1. The normalized spacial score (nSPS) is 58.6. The Morgan fingerprint density at radius 1 is 1.24 bits per heavy atom. The summed E-state index contributed by atoms with van der Waals surface area (Å²) in [5.41, 5.74) is -2.21. The van der Waals surface area contributed by atoms with Crippen molar-refractivity contribution in [2.24, 2.45) is 22.7 Å². The highest BCUT2D eigenvalue weighted by Crippen LogP contribution is 2.76. The van der Waals surface area contributed by atoms with Gasteiger partial charge in [0.25, 0.3) is 0 Å². The molecule has 6 aliphatic rings. The lowest BCUT2D eigenvalue weighted by atomic mass is 9.45. The molecule has 178 valence electrons. The number of ketones is 1. The first kappa shape index (κ1) is 22.8. The number of carbonyl (C=O) groups is 1. The minimum atomic E-state index is -1.03. The van der Waals surface area contributed by atoms with Gasteiger partial charge in [0, 0.05) is 10.8 Å². The Bertz CT molecular complexity index is 1040. The summed E-state index contributed by atoms with van der Waals surface area (Å²) in [6, 6.07) is 2.44. The molecule has 0 aromatic heterocycles. The lowest BCUT2D eigenvalue weighted by molar-refractivity contribution is -0.186. The number of allylic oxidation sites excluding steroid dienone is 4. The highest BCUT2D eigenvalue weighted by Gasteiger charge is 2.84. The number of alkyl halides is 3. The lowest BCUT2D eigenvalue weighted by Crippen LogP contribution is -2.70. The smallest absolute Gasteiger partial charge is 0.209 e. The van der Waals surface area contributed by atoms with Crippen molar-refractivity contribution in [2.45, 2.75) is 85.7 Å². The second-order valence-corrected chi connectivity index (χ2v) is 12.8. The number of nitriles is 1. The molecule has 0 spiro atoms. The van der Waals surface area contributed by atoms with Crippen molar-refractivity contribution in [3.63, 3.8) is 0 Å². The molecule has 0 amide bonds. The first-order chi connectivity index (χ1) is 15.5. The zero-order valence-corrected chi connectivity index (χ0v) is 21.2. The van der Waals surface area contributed by atoms with Crippen LogP contribution in [0.15, 0.2) is 23.8 Å². The molecule has 0 N–H and O–H groups in total.